The predicted octanol–water partition coefficient (Wildman–Crippen LogP) is -0.877. The van der Waals surface area contributed by atoms with Gasteiger partial charge in [-0.3, -0.25) is 23.6 Å². The fourth-order valence-electron chi connectivity index (χ4n) is 2.20. The zero-order valence-corrected chi connectivity index (χ0v) is 19.2. The number of rotatable bonds is 12. The number of nitrogens with zero attached hydrogens (tertiary/aromatic N) is 1. The molecule has 1 heterocycles. The van der Waals surface area contributed by atoms with Crippen molar-refractivity contribution >= 4 is 27.2 Å². The van der Waals surface area contributed by atoms with Crippen LogP contribution in [-0.2, 0) is 32.7 Å². The van der Waals surface area contributed by atoms with Crippen molar-refractivity contribution in [1.82, 2.24) is 4.90 Å². The Morgan fingerprint density at radius 2 is 1.55 bits per heavy atom. The molecule has 0 aromatic rings. The normalized spacial score (nSPS) is 18.9. The van der Waals surface area contributed by atoms with Gasteiger partial charge in [0, 0.05) is 20.0 Å². The van der Waals surface area contributed by atoms with Crippen LogP contribution in [0.1, 0.15) is 33.1 Å². The molecule has 1 saturated heterocycles. The lowest BCUT2D eigenvalue weighted by molar-refractivity contribution is -0.238. The zero-order valence-electron chi connectivity index (χ0n) is 17.4. The highest BCUT2D eigenvalue weighted by atomic mass is 31.2. The molecule has 0 spiro atoms. The third kappa shape index (κ3) is 14.1. The van der Waals surface area contributed by atoms with E-state index in [2.05, 4.69) is 9.26 Å². The topological polar surface area (TPSA) is 221 Å². The molecule has 3 unspecified atom stereocenters. The van der Waals surface area contributed by atoms with Crippen molar-refractivity contribution in [3.05, 3.63) is 0 Å². The molecule has 2 amide bonds. The van der Waals surface area contributed by atoms with Crippen LogP contribution in [0, 0.1) is 5.92 Å². The number of imide groups is 1. The summed E-state index contributed by atoms with van der Waals surface area (Å²) in [6.07, 6.45) is -3.45. The molecule has 0 aliphatic carbocycles. The van der Waals surface area contributed by atoms with Gasteiger partial charge in [0.1, 0.15) is 0 Å². The van der Waals surface area contributed by atoms with E-state index in [4.69, 9.17) is 29.4 Å². The number of carbonyl (C=O) groups is 2. The SMILES string of the molecule is CC(O)C(C)CCP(=O)(O)O.COC(OCCN1C(=O)CCC1=O)[C@H](O)OP(=O)(O)O. The van der Waals surface area contributed by atoms with Crippen LogP contribution < -0.4 is 0 Å². The number of aliphatic hydroxyl groups excluding tert-OH is 2. The third-order valence-corrected chi connectivity index (χ3v) is 5.49. The Balaban J connectivity index is 0.000000695. The number of likely N-dealkylation sites (tertiary alicyclic amines) is 1. The van der Waals surface area contributed by atoms with Crippen LogP contribution in [0.5, 0.6) is 0 Å². The number of hydrogen-bond acceptors (Lipinski definition) is 9. The predicted molar refractivity (Wildman–Crippen MR) is 104 cm³/mol. The maximum Gasteiger partial charge on any atom is 0.472 e. The van der Waals surface area contributed by atoms with Crippen molar-refractivity contribution in [2.24, 2.45) is 5.92 Å². The Hall–Kier alpha value is -0.760. The number of phosphoric acid groups is 1. The summed E-state index contributed by atoms with van der Waals surface area (Å²) in [5.74, 6) is -0.693. The summed E-state index contributed by atoms with van der Waals surface area (Å²) in [5, 5.41) is 18.3. The summed E-state index contributed by atoms with van der Waals surface area (Å²) in [4.78, 5) is 57.6. The van der Waals surface area contributed by atoms with Gasteiger partial charge in [-0.1, -0.05) is 6.92 Å². The highest BCUT2D eigenvalue weighted by Crippen LogP contribution is 2.38. The van der Waals surface area contributed by atoms with E-state index in [9.17, 15) is 23.8 Å². The average molecular weight is 495 g/mol. The molecule has 0 aromatic heterocycles. The van der Waals surface area contributed by atoms with Gasteiger partial charge in [-0.2, -0.15) is 0 Å². The van der Waals surface area contributed by atoms with Crippen LogP contribution in [0.25, 0.3) is 0 Å². The second kappa shape index (κ2) is 13.7. The first-order valence-electron chi connectivity index (χ1n) is 9.19. The Morgan fingerprint density at radius 1 is 1.03 bits per heavy atom. The molecule has 0 bridgehead atoms. The summed E-state index contributed by atoms with van der Waals surface area (Å²) < 4.78 is 34.5. The van der Waals surface area contributed by atoms with Gasteiger partial charge in [0.2, 0.25) is 24.4 Å². The van der Waals surface area contributed by atoms with Gasteiger partial charge in [-0.15, -0.1) is 0 Å². The Kier molecular flexibility index (Phi) is 13.4. The van der Waals surface area contributed by atoms with Crippen LogP contribution in [0.4, 0.5) is 0 Å². The lowest BCUT2D eigenvalue weighted by Gasteiger charge is -2.23. The number of methoxy groups -OCH3 is 1. The Morgan fingerprint density at radius 3 is 1.94 bits per heavy atom. The minimum atomic E-state index is -4.89. The number of ether oxygens (including phenoxy) is 2. The van der Waals surface area contributed by atoms with E-state index >= 15 is 0 Å². The van der Waals surface area contributed by atoms with Crippen LogP contribution in [0.15, 0.2) is 0 Å². The van der Waals surface area contributed by atoms with Gasteiger partial charge in [-0.05, 0) is 19.3 Å². The first-order chi connectivity index (χ1) is 14.1. The molecule has 1 rings (SSSR count). The Bertz CT molecular complexity index is 645. The first-order valence-corrected chi connectivity index (χ1v) is 12.5. The quantitative estimate of drug-likeness (QED) is 0.110. The van der Waals surface area contributed by atoms with Crippen LogP contribution in [-0.4, -0.2) is 91.6 Å². The van der Waals surface area contributed by atoms with Gasteiger partial charge >= 0.3 is 15.4 Å². The van der Waals surface area contributed by atoms with Crippen molar-refractivity contribution in [2.45, 2.75) is 51.8 Å². The first kappa shape index (κ1) is 30.2. The van der Waals surface area contributed by atoms with E-state index in [-0.39, 0.29) is 49.9 Å². The van der Waals surface area contributed by atoms with Crippen molar-refractivity contribution in [2.75, 3.05) is 26.4 Å². The number of aliphatic hydroxyl groups is 2. The molecule has 6 N–H and O–H groups in total. The van der Waals surface area contributed by atoms with Gasteiger partial charge in [0.25, 0.3) is 0 Å². The van der Waals surface area contributed by atoms with Crippen molar-refractivity contribution in [3.8, 4) is 0 Å². The second-order valence-corrected chi connectivity index (χ2v) is 9.76. The lowest BCUT2D eigenvalue weighted by Crippen LogP contribution is -2.37. The molecule has 1 fully saturated rings. The van der Waals surface area contributed by atoms with Crippen LogP contribution in [0.3, 0.4) is 0 Å². The van der Waals surface area contributed by atoms with E-state index in [1.807, 2.05) is 0 Å². The molecule has 0 radical (unpaired) electrons. The smallest absolute Gasteiger partial charge is 0.393 e. The number of hydrogen-bond donors (Lipinski definition) is 6. The molecule has 31 heavy (non-hydrogen) atoms. The molecule has 16 heteroatoms. The van der Waals surface area contributed by atoms with E-state index in [1.54, 1.807) is 13.8 Å². The van der Waals surface area contributed by atoms with E-state index in [0.29, 0.717) is 6.42 Å². The highest BCUT2D eigenvalue weighted by molar-refractivity contribution is 7.51. The van der Waals surface area contributed by atoms with Crippen molar-refractivity contribution < 1.29 is 62.5 Å². The molecule has 0 aromatic carbocycles. The number of carbonyl (C=O) groups excluding carboxylic acids is 2. The third-order valence-electron chi connectivity index (χ3n) is 4.16. The van der Waals surface area contributed by atoms with Gasteiger partial charge < -0.3 is 39.3 Å². The second-order valence-electron chi connectivity index (χ2n) is 6.80. The molecule has 0 saturated carbocycles. The molecule has 184 valence electrons. The monoisotopic (exact) mass is 495 g/mol. The van der Waals surface area contributed by atoms with Crippen molar-refractivity contribution in [3.63, 3.8) is 0 Å². The van der Waals surface area contributed by atoms with Gasteiger partial charge in [0.05, 0.1) is 25.4 Å². The maximum absolute atomic E-state index is 11.3. The summed E-state index contributed by atoms with van der Waals surface area (Å²) in [6.45, 7) is 3.17. The zero-order chi connectivity index (χ0) is 24.4. The molecular weight excluding hydrogens is 464 g/mol. The highest BCUT2D eigenvalue weighted by Gasteiger charge is 2.31. The van der Waals surface area contributed by atoms with Gasteiger partial charge in [-0.25, -0.2) is 4.57 Å². The summed E-state index contributed by atoms with van der Waals surface area (Å²) in [5.41, 5.74) is 0. The largest absolute Gasteiger partial charge is 0.472 e. The average Bonchev–Trinajstić information content (AvgIpc) is 2.93. The van der Waals surface area contributed by atoms with Crippen LogP contribution >= 0.6 is 15.4 Å². The minimum absolute atomic E-state index is 0.0415. The molecule has 14 nitrogen and oxygen atoms in total. The standard InChI is InChI=1S/C9H16NO9P.C6H15O4P/c1-17-9(8(13)19-20(14,15)16)18-5-4-10-6(11)2-3-7(10)12;1-5(6(2)7)3-4-11(8,9)10/h8-9,13H,2-5H2,1H3,(H2,14,15,16);5-7H,3-4H2,1-2H3,(H2,8,9,10)/t8-,9?;/m1./s1. The minimum Gasteiger partial charge on any atom is -0.393 e. The molecule has 1 aliphatic heterocycles. The van der Waals surface area contributed by atoms with E-state index < -0.39 is 34.1 Å². The summed E-state index contributed by atoms with van der Waals surface area (Å²) in [6, 6.07) is 0. The maximum atomic E-state index is 11.3. The lowest BCUT2D eigenvalue weighted by atomic mass is 10.0. The van der Waals surface area contributed by atoms with Gasteiger partial charge in [0.15, 0.2) is 0 Å². The number of amides is 2. The molecule has 1 aliphatic rings. The number of phosphoric ester groups is 1. The molecular formula is C15H31NO13P2. The van der Waals surface area contributed by atoms with Crippen molar-refractivity contribution in [1.29, 1.82) is 0 Å². The fraction of sp³-hybridized carbons (Fsp3) is 0.867. The van der Waals surface area contributed by atoms with E-state index in [1.165, 1.54) is 0 Å². The molecule has 4 atom stereocenters. The van der Waals surface area contributed by atoms with Crippen LogP contribution in [0.2, 0.25) is 0 Å². The Labute approximate surface area is 179 Å². The summed E-state index contributed by atoms with van der Waals surface area (Å²) in [7, 11) is -7.63. The summed E-state index contributed by atoms with van der Waals surface area (Å²) >= 11 is 0. The van der Waals surface area contributed by atoms with E-state index in [0.717, 1.165) is 12.0 Å². The fourth-order valence-corrected chi connectivity index (χ4v) is 3.33.